The summed E-state index contributed by atoms with van der Waals surface area (Å²) in [6, 6.07) is 10.2. The normalized spacial score (nSPS) is 12.1. The molecule has 0 aliphatic carbocycles. The van der Waals surface area contributed by atoms with E-state index in [2.05, 4.69) is 20.9 Å². The number of benzene rings is 3. The Balaban J connectivity index is 1.79. The summed E-state index contributed by atoms with van der Waals surface area (Å²) < 4.78 is 86.0. The molecule has 6 nitrogen and oxygen atoms in total. The van der Waals surface area contributed by atoms with Gasteiger partial charge < -0.3 is 14.8 Å². The molecule has 1 aromatic heterocycles. The number of fused-ring (bicyclic) bond motifs is 1. The fourth-order valence-corrected chi connectivity index (χ4v) is 5.47. The number of carbonyl (C=O) groups is 1. The zero-order valence-electron chi connectivity index (χ0n) is 17.4. The van der Waals surface area contributed by atoms with Gasteiger partial charge >= 0.3 is 12.1 Å². The average Bonchev–Trinajstić information content (AvgIpc) is 3.18. The Morgan fingerprint density at radius 3 is 2.37 bits per heavy atom. The lowest BCUT2D eigenvalue weighted by molar-refractivity contribution is -0.139. The minimum atomic E-state index is -4.86. The van der Waals surface area contributed by atoms with Crippen molar-refractivity contribution < 1.29 is 40.6 Å². The first kappa shape index (κ1) is 24.7. The van der Waals surface area contributed by atoms with Crippen LogP contribution in [0, 0.1) is 5.82 Å². The highest BCUT2D eigenvalue weighted by atomic mass is 79.9. The van der Waals surface area contributed by atoms with Crippen LogP contribution < -0.4 is 4.74 Å². The Labute approximate surface area is 204 Å². The quantitative estimate of drug-likeness (QED) is 0.208. The number of aromatic nitrogens is 1. The number of hydrogen-bond donors (Lipinski definition) is 2. The van der Waals surface area contributed by atoms with Gasteiger partial charge in [0.15, 0.2) is 5.75 Å². The van der Waals surface area contributed by atoms with Gasteiger partial charge in [-0.3, -0.25) is 4.79 Å². The lowest BCUT2D eigenvalue weighted by Crippen LogP contribution is -2.10. The maximum Gasteiger partial charge on any atom is 0.420 e. The van der Waals surface area contributed by atoms with E-state index in [1.54, 1.807) is 0 Å². The van der Waals surface area contributed by atoms with Crippen LogP contribution >= 0.6 is 15.9 Å². The van der Waals surface area contributed by atoms with Crippen LogP contribution in [0.5, 0.6) is 11.5 Å². The first-order valence-corrected chi connectivity index (χ1v) is 12.0. The molecular weight excluding hydrogens is 558 g/mol. The largest absolute Gasteiger partial charge is 0.481 e. The first-order chi connectivity index (χ1) is 16.4. The van der Waals surface area contributed by atoms with E-state index in [0.717, 1.165) is 24.3 Å². The summed E-state index contributed by atoms with van der Waals surface area (Å²) in [4.78, 5) is 13.4. The molecule has 0 amide bonds. The van der Waals surface area contributed by atoms with Crippen LogP contribution in [0.4, 0.5) is 17.6 Å². The van der Waals surface area contributed by atoms with Crippen molar-refractivity contribution in [3.8, 4) is 11.5 Å². The Morgan fingerprint density at radius 2 is 1.74 bits per heavy atom. The molecule has 4 aromatic rings. The van der Waals surface area contributed by atoms with Crippen molar-refractivity contribution in [2.45, 2.75) is 22.4 Å². The number of aromatic amines is 1. The lowest BCUT2D eigenvalue weighted by atomic mass is 10.1. The average molecular weight is 572 g/mol. The number of ether oxygens (including phenoxy) is 1. The zero-order chi connectivity index (χ0) is 25.5. The summed E-state index contributed by atoms with van der Waals surface area (Å²) in [5, 5.41) is 9.08. The molecular formula is C23H14BrF4NO5S. The third-order valence-corrected chi connectivity index (χ3v) is 7.41. The number of rotatable bonds is 6. The highest BCUT2D eigenvalue weighted by molar-refractivity contribution is 9.10. The van der Waals surface area contributed by atoms with E-state index in [1.165, 1.54) is 30.5 Å². The molecule has 3 aromatic carbocycles. The minimum absolute atomic E-state index is 0.0854. The van der Waals surface area contributed by atoms with Gasteiger partial charge in [-0.25, -0.2) is 12.8 Å². The number of carboxylic acids is 1. The number of sulfone groups is 1. The van der Waals surface area contributed by atoms with Gasteiger partial charge in [0.2, 0.25) is 9.84 Å². The third-order valence-electron chi connectivity index (χ3n) is 5.01. The predicted molar refractivity (Wildman–Crippen MR) is 121 cm³/mol. The van der Waals surface area contributed by atoms with Gasteiger partial charge in [0.25, 0.3) is 0 Å². The van der Waals surface area contributed by atoms with Gasteiger partial charge in [0.1, 0.15) is 11.6 Å². The van der Waals surface area contributed by atoms with Crippen LogP contribution in [-0.4, -0.2) is 24.5 Å². The topological polar surface area (TPSA) is 96.5 Å². The van der Waals surface area contributed by atoms with Gasteiger partial charge in [-0.2, -0.15) is 13.2 Å². The van der Waals surface area contributed by atoms with E-state index >= 15 is 0 Å². The Kier molecular flexibility index (Phi) is 6.36. The lowest BCUT2D eigenvalue weighted by Gasteiger charge is -2.17. The fraction of sp³-hybridized carbons (Fsp3) is 0.0870. The number of alkyl halides is 3. The van der Waals surface area contributed by atoms with Crippen molar-refractivity contribution in [2.24, 2.45) is 0 Å². The molecule has 0 fully saturated rings. The van der Waals surface area contributed by atoms with Gasteiger partial charge in [-0.1, -0.05) is 0 Å². The van der Waals surface area contributed by atoms with Crippen molar-refractivity contribution in [2.75, 3.05) is 0 Å². The molecule has 1 heterocycles. The molecule has 2 N–H and O–H groups in total. The number of nitrogens with one attached hydrogen (secondary N) is 1. The maximum atomic E-state index is 13.7. The number of hydrogen-bond acceptors (Lipinski definition) is 4. The molecule has 35 heavy (non-hydrogen) atoms. The van der Waals surface area contributed by atoms with Gasteiger partial charge in [0.05, 0.1) is 26.2 Å². The van der Waals surface area contributed by atoms with Crippen LogP contribution in [0.25, 0.3) is 10.9 Å². The SMILES string of the molecule is O=C(O)Cc1cc(Br)c(Oc2ccc3[nH]cc(S(=O)(=O)c4ccc(F)cc4)c3c2)c(C(F)(F)F)c1. The van der Waals surface area contributed by atoms with Gasteiger partial charge in [-0.15, -0.1) is 0 Å². The Bertz CT molecular complexity index is 1550. The van der Waals surface area contributed by atoms with E-state index in [4.69, 9.17) is 9.84 Å². The summed E-state index contributed by atoms with van der Waals surface area (Å²) >= 11 is 3.01. The molecule has 0 saturated heterocycles. The number of H-pyrrole nitrogens is 1. The van der Waals surface area contributed by atoms with Gasteiger partial charge in [0, 0.05) is 17.1 Å². The smallest absolute Gasteiger partial charge is 0.420 e. The standard InChI is InChI=1S/C23H14BrF4NO5S/c24-18-8-12(9-21(30)31)7-17(23(26,27)28)22(18)34-14-3-6-19-16(10-14)20(11-29-19)35(32,33)15-4-1-13(25)2-5-15/h1-8,10-11,29H,9H2,(H,30,31). The molecule has 0 aliphatic heterocycles. The predicted octanol–water partition coefficient (Wildman–Crippen LogP) is 6.34. The zero-order valence-corrected chi connectivity index (χ0v) is 19.8. The van der Waals surface area contributed by atoms with Crippen molar-refractivity contribution in [3.05, 3.63) is 82.2 Å². The van der Waals surface area contributed by atoms with E-state index in [-0.39, 0.29) is 31.0 Å². The van der Waals surface area contributed by atoms with Gasteiger partial charge in [-0.05, 0) is 76.1 Å². The highest BCUT2D eigenvalue weighted by Crippen LogP contribution is 2.44. The second kappa shape index (κ2) is 9.00. The molecule has 12 heteroatoms. The molecule has 0 saturated carbocycles. The highest BCUT2D eigenvalue weighted by Gasteiger charge is 2.36. The fourth-order valence-electron chi connectivity index (χ4n) is 3.46. The van der Waals surface area contributed by atoms with Crippen molar-refractivity contribution in [1.29, 1.82) is 0 Å². The first-order valence-electron chi connectivity index (χ1n) is 9.77. The Morgan fingerprint density at radius 1 is 1.06 bits per heavy atom. The molecule has 182 valence electrons. The number of aliphatic carboxylic acids is 1. The molecule has 0 aliphatic rings. The second-order valence-electron chi connectivity index (χ2n) is 7.44. The van der Waals surface area contributed by atoms with E-state index in [9.17, 15) is 30.8 Å². The summed E-state index contributed by atoms with van der Waals surface area (Å²) in [5.74, 6) is -2.61. The molecule has 4 rings (SSSR count). The molecule has 0 spiro atoms. The minimum Gasteiger partial charge on any atom is -0.481 e. The maximum absolute atomic E-state index is 13.7. The molecule has 0 radical (unpaired) electrons. The van der Waals surface area contributed by atoms with E-state index in [0.29, 0.717) is 11.6 Å². The summed E-state index contributed by atoms with van der Waals surface area (Å²) in [6.45, 7) is 0. The van der Waals surface area contributed by atoms with Crippen molar-refractivity contribution in [1.82, 2.24) is 4.98 Å². The monoisotopic (exact) mass is 571 g/mol. The van der Waals surface area contributed by atoms with Crippen LogP contribution in [0.15, 0.2) is 75.1 Å². The second-order valence-corrected chi connectivity index (χ2v) is 10.2. The van der Waals surface area contributed by atoms with Crippen LogP contribution in [0.2, 0.25) is 0 Å². The third kappa shape index (κ3) is 5.03. The number of halogens is 5. The molecule has 0 atom stereocenters. The van der Waals surface area contributed by atoms with E-state index < -0.39 is 45.5 Å². The van der Waals surface area contributed by atoms with Crippen molar-refractivity contribution in [3.63, 3.8) is 0 Å². The summed E-state index contributed by atoms with van der Waals surface area (Å²) in [5.41, 5.74) is -0.904. The van der Waals surface area contributed by atoms with Crippen molar-refractivity contribution >= 4 is 42.6 Å². The van der Waals surface area contributed by atoms with Crippen LogP contribution in [0.1, 0.15) is 11.1 Å². The Hall–Kier alpha value is -3.38. The summed E-state index contributed by atoms with van der Waals surface area (Å²) in [6.07, 6.45) is -4.26. The summed E-state index contributed by atoms with van der Waals surface area (Å²) in [7, 11) is -4.08. The van der Waals surface area contributed by atoms with Crippen LogP contribution in [0.3, 0.4) is 0 Å². The van der Waals surface area contributed by atoms with Crippen LogP contribution in [-0.2, 0) is 27.2 Å². The number of carboxylic acid groups (broad SMARTS) is 1. The molecule has 0 unspecified atom stereocenters. The van der Waals surface area contributed by atoms with E-state index in [1.807, 2.05) is 0 Å². The molecule has 0 bridgehead atoms.